The molecule has 2 rings (SSSR count). The second-order valence-electron chi connectivity index (χ2n) is 5.81. The van der Waals surface area contributed by atoms with Crippen molar-refractivity contribution in [1.29, 1.82) is 0 Å². The zero-order valence-corrected chi connectivity index (χ0v) is 15.0. The highest BCUT2D eigenvalue weighted by molar-refractivity contribution is 7.99. The summed E-state index contributed by atoms with van der Waals surface area (Å²) in [6.45, 7) is 3.27. The van der Waals surface area contributed by atoms with Crippen LogP contribution in [0.5, 0.6) is 0 Å². The summed E-state index contributed by atoms with van der Waals surface area (Å²) in [4.78, 5) is 0. The molecule has 1 atom stereocenters. The number of hydrogen-bond donors (Lipinski definition) is 1. The summed E-state index contributed by atoms with van der Waals surface area (Å²) in [5, 5.41) is 5.91. The molecule has 1 saturated carbocycles. The first kappa shape index (κ1) is 17.5. The van der Waals surface area contributed by atoms with Gasteiger partial charge in [0.1, 0.15) is 0 Å². The van der Waals surface area contributed by atoms with Crippen LogP contribution >= 0.6 is 35.0 Å². The van der Waals surface area contributed by atoms with Gasteiger partial charge in [0.15, 0.2) is 0 Å². The van der Waals surface area contributed by atoms with E-state index >= 15 is 0 Å². The lowest BCUT2D eigenvalue weighted by Crippen LogP contribution is -2.34. The van der Waals surface area contributed by atoms with E-state index in [2.05, 4.69) is 30.1 Å². The lowest BCUT2D eigenvalue weighted by molar-refractivity contribution is 0.549. The predicted octanol–water partition coefficient (Wildman–Crippen LogP) is 5.58. The SMILES string of the molecule is CCCNC(CSC1CCCC1)Cc1cccc(Cl)c1Cl. The first-order valence-corrected chi connectivity index (χ1v) is 9.79. The standard InChI is InChI=1S/C17H25Cl2NS/c1-2-10-20-14(12-21-15-7-3-4-8-15)11-13-6-5-9-16(18)17(13)19/h5-6,9,14-15,20H,2-4,7-8,10-12H2,1H3. The molecule has 4 heteroatoms. The highest BCUT2D eigenvalue weighted by atomic mass is 35.5. The van der Waals surface area contributed by atoms with E-state index in [9.17, 15) is 0 Å². The molecule has 118 valence electrons. The topological polar surface area (TPSA) is 12.0 Å². The molecule has 0 saturated heterocycles. The molecule has 1 aromatic carbocycles. The minimum Gasteiger partial charge on any atom is -0.313 e. The molecule has 1 fully saturated rings. The van der Waals surface area contributed by atoms with Gasteiger partial charge in [0.25, 0.3) is 0 Å². The van der Waals surface area contributed by atoms with Crippen LogP contribution in [0.1, 0.15) is 44.6 Å². The molecule has 1 unspecified atom stereocenters. The number of rotatable bonds is 8. The molecule has 0 amide bonds. The van der Waals surface area contributed by atoms with Crippen LogP contribution in [0.3, 0.4) is 0 Å². The van der Waals surface area contributed by atoms with E-state index in [0.717, 1.165) is 36.0 Å². The molecule has 1 N–H and O–H groups in total. The van der Waals surface area contributed by atoms with Crippen molar-refractivity contribution in [3.8, 4) is 0 Å². The molecular formula is C17H25Cl2NS. The van der Waals surface area contributed by atoms with E-state index < -0.39 is 0 Å². The van der Waals surface area contributed by atoms with Gasteiger partial charge in [0, 0.05) is 17.0 Å². The monoisotopic (exact) mass is 345 g/mol. The highest BCUT2D eigenvalue weighted by Crippen LogP contribution is 2.31. The maximum Gasteiger partial charge on any atom is 0.0624 e. The Hall–Kier alpha value is 0.110. The van der Waals surface area contributed by atoms with Gasteiger partial charge in [0.05, 0.1) is 10.0 Å². The molecule has 21 heavy (non-hydrogen) atoms. The van der Waals surface area contributed by atoms with Gasteiger partial charge in [0.2, 0.25) is 0 Å². The summed E-state index contributed by atoms with van der Waals surface area (Å²) >= 11 is 14.6. The van der Waals surface area contributed by atoms with Gasteiger partial charge < -0.3 is 5.32 Å². The molecule has 0 aromatic heterocycles. The fourth-order valence-electron chi connectivity index (χ4n) is 2.82. The average Bonchev–Trinajstić information content (AvgIpc) is 2.99. The number of nitrogens with one attached hydrogen (secondary N) is 1. The molecule has 0 heterocycles. The molecule has 1 aliphatic carbocycles. The Morgan fingerprint density at radius 2 is 2.05 bits per heavy atom. The molecular weight excluding hydrogens is 321 g/mol. The Morgan fingerprint density at radius 3 is 2.76 bits per heavy atom. The van der Waals surface area contributed by atoms with Crippen LogP contribution in [0.25, 0.3) is 0 Å². The number of benzene rings is 1. The van der Waals surface area contributed by atoms with Crippen molar-refractivity contribution in [3.63, 3.8) is 0 Å². The van der Waals surface area contributed by atoms with E-state index in [0.29, 0.717) is 16.1 Å². The van der Waals surface area contributed by atoms with Crippen LogP contribution in [-0.4, -0.2) is 23.6 Å². The molecule has 0 radical (unpaired) electrons. The fourth-order valence-corrected chi connectivity index (χ4v) is 4.62. The summed E-state index contributed by atoms with van der Waals surface area (Å²) in [7, 11) is 0. The van der Waals surface area contributed by atoms with Crippen LogP contribution in [-0.2, 0) is 6.42 Å². The van der Waals surface area contributed by atoms with Crippen LogP contribution in [0.4, 0.5) is 0 Å². The molecule has 1 aromatic rings. The van der Waals surface area contributed by atoms with Crippen LogP contribution in [0, 0.1) is 0 Å². The summed E-state index contributed by atoms with van der Waals surface area (Å²) in [6, 6.07) is 6.42. The first-order chi connectivity index (χ1) is 10.2. The minimum atomic E-state index is 0.478. The maximum absolute atomic E-state index is 6.33. The summed E-state index contributed by atoms with van der Waals surface area (Å²) in [6.07, 6.45) is 7.72. The van der Waals surface area contributed by atoms with E-state index in [4.69, 9.17) is 23.2 Å². The minimum absolute atomic E-state index is 0.478. The van der Waals surface area contributed by atoms with Crippen molar-refractivity contribution in [2.75, 3.05) is 12.3 Å². The average molecular weight is 346 g/mol. The van der Waals surface area contributed by atoms with Gasteiger partial charge >= 0.3 is 0 Å². The van der Waals surface area contributed by atoms with Crippen molar-refractivity contribution in [3.05, 3.63) is 33.8 Å². The van der Waals surface area contributed by atoms with Gasteiger partial charge in [-0.2, -0.15) is 11.8 Å². The maximum atomic E-state index is 6.33. The van der Waals surface area contributed by atoms with Gasteiger partial charge in [-0.05, 0) is 43.9 Å². The third kappa shape index (κ3) is 5.67. The van der Waals surface area contributed by atoms with E-state index in [1.54, 1.807) is 0 Å². The van der Waals surface area contributed by atoms with Gasteiger partial charge in [-0.25, -0.2) is 0 Å². The lowest BCUT2D eigenvalue weighted by Gasteiger charge is -2.21. The van der Waals surface area contributed by atoms with Crippen molar-refractivity contribution in [2.24, 2.45) is 0 Å². The highest BCUT2D eigenvalue weighted by Gasteiger charge is 2.18. The Labute approximate surface area is 143 Å². The van der Waals surface area contributed by atoms with Crippen molar-refractivity contribution in [2.45, 2.75) is 56.7 Å². The fraction of sp³-hybridized carbons (Fsp3) is 0.647. The zero-order chi connectivity index (χ0) is 15.1. The molecule has 0 aliphatic heterocycles. The second-order valence-corrected chi connectivity index (χ2v) is 7.93. The van der Waals surface area contributed by atoms with Crippen molar-refractivity contribution in [1.82, 2.24) is 5.32 Å². The Bertz CT molecular complexity index is 433. The summed E-state index contributed by atoms with van der Waals surface area (Å²) < 4.78 is 0. The molecule has 0 bridgehead atoms. The Kier molecular flexibility index (Phi) is 7.73. The van der Waals surface area contributed by atoms with Crippen molar-refractivity contribution < 1.29 is 0 Å². The Morgan fingerprint density at radius 1 is 1.29 bits per heavy atom. The summed E-state index contributed by atoms with van der Waals surface area (Å²) in [5.41, 5.74) is 1.16. The van der Waals surface area contributed by atoms with Crippen LogP contribution in [0.2, 0.25) is 10.0 Å². The van der Waals surface area contributed by atoms with Crippen LogP contribution < -0.4 is 5.32 Å². The van der Waals surface area contributed by atoms with Crippen LogP contribution in [0.15, 0.2) is 18.2 Å². The third-order valence-corrected chi connectivity index (χ3v) is 6.41. The zero-order valence-electron chi connectivity index (χ0n) is 12.7. The smallest absolute Gasteiger partial charge is 0.0624 e. The molecule has 0 spiro atoms. The quantitative estimate of drug-likeness (QED) is 0.659. The number of thioether (sulfide) groups is 1. The number of halogens is 2. The normalized spacial score (nSPS) is 17.3. The lowest BCUT2D eigenvalue weighted by atomic mass is 10.1. The van der Waals surface area contributed by atoms with Gasteiger partial charge in [-0.1, -0.05) is 55.1 Å². The van der Waals surface area contributed by atoms with E-state index in [-0.39, 0.29) is 0 Å². The largest absolute Gasteiger partial charge is 0.313 e. The Balaban J connectivity index is 1.92. The third-order valence-electron chi connectivity index (χ3n) is 4.02. The van der Waals surface area contributed by atoms with E-state index in [1.807, 2.05) is 12.1 Å². The van der Waals surface area contributed by atoms with Gasteiger partial charge in [-0.3, -0.25) is 0 Å². The molecule has 1 aliphatic rings. The number of hydrogen-bond acceptors (Lipinski definition) is 2. The first-order valence-electron chi connectivity index (χ1n) is 7.98. The van der Waals surface area contributed by atoms with Gasteiger partial charge in [-0.15, -0.1) is 0 Å². The summed E-state index contributed by atoms with van der Waals surface area (Å²) in [5.74, 6) is 1.16. The predicted molar refractivity (Wildman–Crippen MR) is 97.0 cm³/mol. The van der Waals surface area contributed by atoms with E-state index in [1.165, 1.54) is 25.7 Å². The van der Waals surface area contributed by atoms with Crippen molar-refractivity contribution >= 4 is 35.0 Å². The molecule has 1 nitrogen and oxygen atoms in total. The second kappa shape index (κ2) is 9.29.